The van der Waals surface area contributed by atoms with E-state index in [1.807, 2.05) is 6.92 Å². The molecular weight excluding hydrogens is 290 g/mol. The first kappa shape index (κ1) is 15.6. The number of sulfonamides is 1. The zero-order valence-electron chi connectivity index (χ0n) is 11.8. The minimum atomic E-state index is -3.50. The smallest absolute Gasteiger partial charge is 0.240 e. The van der Waals surface area contributed by atoms with Crippen LogP contribution in [-0.4, -0.2) is 30.1 Å². The van der Waals surface area contributed by atoms with Gasteiger partial charge in [-0.15, -0.1) is 0 Å². The number of aromatic amines is 1. The van der Waals surface area contributed by atoms with Crippen molar-refractivity contribution in [3.8, 4) is 0 Å². The van der Waals surface area contributed by atoms with Gasteiger partial charge in [-0.3, -0.25) is 5.10 Å². The van der Waals surface area contributed by atoms with Crippen molar-refractivity contribution in [2.75, 3.05) is 6.54 Å². The van der Waals surface area contributed by atoms with Gasteiger partial charge in [-0.2, -0.15) is 5.10 Å². The molecule has 21 heavy (non-hydrogen) atoms. The maximum absolute atomic E-state index is 12.2. The molecule has 2 rings (SSSR count). The molecule has 0 unspecified atom stereocenters. The first-order valence-corrected chi connectivity index (χ1v) is 8.15. The van der Waals surface area contributed by atoms with Crippen LogP contribution in [0.1, 0.15) is 23.4 Å². The largest absolute Gasteiger partial charge is 0.326 e. The predicted molar refractivity (Wildman–Crippen MR) is 79.0 cm³/mol. The number of benzene rings is 1. The molecule has 0 saturated heterocycles. The summed E-state index contributed by atoms with van der Waals surface area (Å²) in [5.41, 5.74) is 7.43. The molecule has 8 heteroatoms. The Labute approximate surface area is 124 Å². The average molecular weight is 309 g/mol. The number of hydrogen-bond donors (Lipinski definition) is 3. The molecule has 0 aliphatic rings. The SMILES string of the molecule is Cc1ccc(S(=O)(=O)NCCCc2ncn[nH]2)cc1CN. The van der Waals surface area contributed by atoms with Crippen LogP contribution in [0.3, 0.4) is 0 Å². The molecule has 114 valence electrons. The van der Waals surface area contributed by atoms with Crippen LogP contribution in [0.4, 0.5) is 0 Å². The lowest BCUT2D eigenvalue weighted by molar-refractivity contribution is 0.578. The lowest BCUT2D eigenvalue weighted by Crippen LogP contribution is -2.25. The number of nitrogens with two attached hydrogens (primary N) is 1. The number of rotatable bonds is 7. The molecule has 0 aliphatic carbocycles. The second-order valence-electron chi connectivity index (χ2n) is 4.73. The molecule has 4 N–H and O–H groups in total. The van der Waals surface area contributed by atoms with Crippen LogP contribution < -0.4 is 10.5 Å². The summed E-state index contributed by atoms with van der Waals surface area (Å²) < 4.78 is 26.9. The van der Waals surface area contributed by atoms with Crippen molar-refractivity contribution >= 4 is 10.0 Å². The topological polar surface area (TPSA) is 114 Å². The van der Waals surface area contributed by atoms with Gasteiger partial charge in [-0.05, 0) is 36.6 Å². The van der Waals surface area contributed by atoms with Gasteiger partial charge in [0.15, 0.2) is 0 Å². The average Bonchev–Trinajstić information content (AvgIpc) is 2.97. The van der Waals surface area contributed by atoms with Crippen molar-refractivity contribution in [3.63, 3.8) is 0 Å². The molecule has 0 atom stereocenters. The summed E-state index contributed by atoms with van der Waals surface area (Å²) in [5.74, 6) is 0.745. The van der Waals surface area contributed by atoms with Gasteiger partial charge < -0.3 is 5.73 Å². The van der Waals surface area contributed by atoms with Crippen molar-refractivity contribution in [2.24, 2.45) is 5.73 Å². The van der Waals surface area contributed by atoms with Gasteiger partial charge in [-0.25, -0.2) is 18.1 Å². The molecule has 0 amide bonds. The van der Waals surface area contributed by atoms with Crippen molar-refractivity contribution in [2.45, 2.75) is 31.2 Å². The van der Waals surface area contributed by atoms with E-state index in [-0.39, 0.29) is 4.90 Å². The Hall–Kier alpha value is -1.77. The van der Waals surface area contributed by atoms with Crippen molar-refractivity contribution in [1.29, 1.82) is 0 Å². The predicted octanol–water partition coefficient (Wildman–Crippen LogP) is 0.483. The highest BCUT2D eigenvalue weighted by Gasteiger charge is 2.14. The third-order valence-electron chi connectivity index (χ3n) is 3.20. The van der Waals surface area contributed by atoms with E-state index in [1.165, 1.54) is 6.33 Å². The lowest BCUT2D eigenvalue weighted by atomic mass is 10.1. The van der Waals surface area contributed by atoms with Gasteiger partial charge in [0, 0.05) is 19.5 Å². The van der Waals surface area contributed by atoms with Crippen LogP contribution in [0.5, 0.6) is 0 Å². The van der Waals surface area contributed by atoms with Gasteiger partial charge in [0.1, 0.15) is 12.2 Å². The second kappa shape index (κ2) is 6.79. The summed E-state index contributed by atoms with van der Waals surface area (Å²) in [6, 6.07) is 4.98. The summed E-state index contributed by atoms with van der Waals surface area (Å²) >= 11 is 0. The fraction of sp³-hybridized carbons (Fsp3) is 0.385. The third-order valence-corrected chi connectivity index (χ3v) is 4.66. The Morgan fingerprint density at radius 3 is 2.86 bits per heavy atom. The molecule has 0 bridgehead atoms. The molecule has 1 aromatic carbocycles. The summed E-state index contributed by atoms with van der Waals surface area (Å²) in [6.07, 6.45) is 2.72. The summed E-state index contributed by atoms with van der Waals surface area (Å²) in [5, 5.41) is 6.47. The normalized spacial score (nSPS) is 11.7. The van der Waals surface area contributed by atoms with Crippen molar-refractivity contribution < 1.29 is 8.42 Å². The summed E-state index contributed by atoms with van der Waals surface area (Å²) in [4.78, 5) is 4.23. The fourth-order valence-electron chi connectivity index (χ4n) is 1.93. The summed E-state index contributed by atoms with van der Waals surface area (Å²) in [6.45, 7) is 2.57. The van der Waals surface area contributed by atoms with Crippen LogP contribution in [0.25, 0.3) is 0 Å². The van der Waals surface area contributed by atoms with E-state index in [1.54, 1.807) is 18.2 Å². The van der Waals surface area contributed by atoms with Crippen molar-refractivity contribution in [3.05, 3.63) is 41.5 Å². The fourth-order valence-corrected chi connectivity index (χ4v) is 3.06. The highest BCUT2D eigenvalue weighted by atomic mass is 32.2. The molecule has 0 saturated carbocycles. The van der Waals surface area contributed by atoms with Gasteiger partial charge in [0.25, 0.3) is 0 Å². The molecule has 0 aliphatic heterocycles. The molecule has 0 fully saturated rings. The van der Waals surface area contributed by atoms with Crippen LogP contribution in [0.2, 0.25) is 0 Å². The molecule has 2 aromatic rings. The Bertz CT molecular complexity index is 683. The molecule has 7 nitrogen and oxygen atoms in total. The Balaban J connectivity index is 1.95. The first-order valence-electron chi connectivity index (χ1n) is 6.66. The van der Waals surface area contributed by atoms with E-state index >= 15 is 0 Å². The zero-order chi connectivity index (χ0) is 15.3. The van der Waals surface area contributed by atoms with E-state index in [0.717, 1.165) is 17.0 Å². The van der Waals surface area contributed by atoms with E-state index in [0.29, 0.717) is 25.9 Å². The minimum Gasteiger partial charge on any atom is -0.326 e. The van der Waals surface area contributed by atoms with E-state index in [2.05, 4.69) is 19.9 Å². The van der Waals surface area contributed by atoms with Crippen LogP contribution >= 0.6 is 0 Å². The van der Waals surface area contributed by atoms with Gasteiger partial charge in [0.05, 0.1) is 4.90 Å². The van der Waals surface area contributed by atoms with Crippen LogP contribution in [0, 0.1) is 6.92 Å². The maximum atomic E-state index is 12.2. The molecule has 1 aromatic heterocycles. The molecular formula is C13H19N5O2S. The zero-order valence-corrected chi connectivity index (χ0v) is 12.7. The number of H-pyrrole nitrogens is 1. The van der Waals surface area contributed by atoms with Crippen LogP contribution in [0.15, 0.2) is 29.4 Å². The van der Waals surface area contributed by atoms with Gasteiger partial charge >= 0.3 is 0 Å². The molecule has 0 spiro atoms. The number of nitrogens with zero attached hydrogens (tertiary/aromatic N) is 2. The Morgan fingerprint density at radius 1 is 1.38 bits per heavy atom. The summed E-state index contributed by atoms with van der Waals surface area (Å²) in [7, 11) is -3.50. The van der Waals surface area contributed by atoms with E-state index in [4.69, 9.17) is 5.73 Å². The lowest BCUT2D eigenvalue weighted by Gasteiger charge is -2.09. The number of hydrogen-bond acceptors (Lipinski definition) is 5. The number of aromatic nitrogens is 3. The Morgan fingerprint density at radius 2 is 2.19 bits per heavy atom. The van der Waals surface area contributed by atoms with E-state index in [9.17, 15) is 8.42 Å². The molecule has 1 heterocycles. The second-order valence-corrected chi connectivity index (χ2v) is 6.49. The number of nitrogens with one attached hydrogen (secondary N) is 2. The third kappa shape index (κ3) is 4.10. The highest BCUT2D eigenvalue weighted by Crippen LogP contribution is 2.15. The first-order chi connectivity index (χ1) is 10.0. The Kier molecular flexibility index (Phi) is 5.05. The maximum Gasteiger partial charge on any atom is 0.240 e. The van der Waals surface area contributed by atoms with Gasteiger partial charge in [0.2, 0.25) is 10.0 Å². The monoisotopic (exact) mass is 309 g/mol. The minimum absolute atomic E-state index is 0.244. The standard InChI is InChI=1S/C13H19N5O2S/c1-10-4-5-12(7-11(10)8-14)21(19,20)17-6-2-3-13-15-9-16-18-13/h4-5,7,9,17H,2-3,6,8,14H2,1H3,(H,15,16,18). The number of aryl methyl sites for hydroxylation is 2. The highest BCUT2D eigenvalue weighted by molar-refractivity contribution is 7.89. The van der Waals surface area contributed by atoms with E-state index < -0.39 is 10.0 Å². The van der Waals surface area contributed by atoms with Gasteiger partial charge in [-0.1, -0.05) is 6.07 Å². The quantitative estimate of drug-likeness (QED) is 0.644. The van der Waals surface area contributed by atoms with Crippen LogP contribution in [-0.2, 0) is 23.0 Å². The molecule has 0 radical (unpaired) electrons. The van der Waals surface area contributed by atoms with Crippen molar-refractivity contribution in [1.82, 2.24) is 19.9 Å².